The lowest BCUT2D eigenvalue weighted by molar-refractivity contribution is -0.118. The Kier molecular flexibility index (Phi) is 5.57. The lowest BCUT2D eigenvalue weighted by atomic mass is 10.2. The monoisotopic (exact) mass is 302 g/mol. The molecule has 0 spiro atoms. The molecule has 5 nitrogen and oxygen atoms in total. The van der Waals surface area contributed by atoms with Crippen molar-refractivity contribution in [3.8, 4) is 0 Å². The highest BCUT2D eigenvalue weighted by atomic mass is 32.2. The predicted octanol–water partition coefficient (Wildman–Crippen LogP) is 2.46. The highest BCUT2D eigenvalue weighted by Crippen LogP contribution is 2.24. The van der Waals surface area contributed by atoms with Crippen molar-refractivity contribution in [2.45, 2.75) is 12.1 Å². The van der Waals surface area contributed by atoms with E-state index in [0.717, 1.165) is 23.3 Å². The average Bonchev–Trinajstić information content (AvgIpc) is 2.51. The fourth-order valence-corrected chi connectivity index (χ4v) is 2.47. The fraction of sp³-hybridized carbons (Fsp3) is 0.267. The van der Waals surface area contributed by atoms with Crippen molar-refractivity contribution in [3.63, 3.8) is 0 Å². The molecule has 0 saturated carbocycles. The molecule has 0 bridgehead atoms. The molecule has 0 radical (unpaired) electrons. The summed E-state index contributed by atoms with van der Waals surface area (Å²) < 4.78 is 0. The molecule has 110 valence electrons. The molecule has 1 heterocycles. The van der Waals surface area contributed by atoms with Gasteiger partial charge in [0.05, 0.1) is 11.3 Å². The number of fused-ring (bicyclic) bond motifs is 1. The summed E-state index contributed by atoms with van der Waals surface area (Å²) in [6, 6.07) is 7.83. The lowest BCUT2D eigenvalue weighted by Crippen LogP contribution is -2.25. The van der Waals surface area contributed by atoms with Crippen molar-refractivity contribution < 1.29 is 4.79 Å². The molecule has 0 aliphatic rings. The molecule has 0 fully saturated rings. The number of benzene rings is 1. The van der Waals surface area contributed by atoms with Crippen LogP contribution in [0.1, 0.15) is 6.92 Å². The first-order chi connectivity index (χ1) is 10.2. The predicted molar refractivity (Wildman–Crippen MR) is 87.6 cm³/mol. The first-order valence-corrected chi connectivity index (χ1v) is 7.74. The van der Waals surface area contributed by atoms with E-state index in [4.69, 9.17) is 0 Å². The molecule has 0 saturated heterocycles. The van der Waals surface area contributed by atoms with Gasteiger partial charge in [0.1, 0.15) is 5.82 Å². The summed E-state index contributed by atoms with van der Waals surface area (Å²) in [5, 5.41) is 7.55. The van der Waals surface area contributed by atoms with Crippen LogP contribution in [0.15, 0.2) is 42.1 Å². The van der Waals surface area contributed by atoms with Gasteiger partial charge in [0, 0.05) is 18.5 Å². The summed E-state index contributed by atoms with van der Waals surface area (Å²) in [6.07, 6.45) is 1.65. The molecule has 2 rings (SSSR count). The number of amides is 1. The van der Waals surface area contributed by atoms with Crippen molar-refractivity contribution in [2.75, 3.05) is 24.2 Å². The Morgan fingerprint density at radius 2 is 2.19 bits per heavy atom. The largest absolute Gasteiger partial charge is 0.370 e. The van der Waals surface area contributed by atoms with E-state index < -0.39 is 0 Å². The first-order valence-electron chi connectivity index (χ1n) is 6.75. The minimum atomic E-state index is -0.0540. The third kappa shape index (κ3) is 4.19. The Labute approximate surface area is 128 Å². The number of aromatic nitrogens is 2. The quantitative estimate of drug-likeness (QED) is 0.467. The number of carbonyl (C=O) groups is 1. The SMILES string of the molecule is C=CCNC(=O)CSc1nc(NCC)c2ccccc2n1. The van der Waals surface area contributed by atoms with E-state index in [1.54, 1.807) is 6.08 Å². The molecule has 0 aliphatic heterocycles. The number of hydrogen-bond acceptors (Lipinski definition) is 5. The van der Waals surface area contributed by atoms with Crippen LogP contribution in [0.5, 0.6) is 0 Å². The summed E-state index contributed by atoms with van der Waals surface area (Å²) in [5.74, 6) is 1.04. The number of thioether (sulfide) groups is 1. The van der Waals surface area contributed by atoms with E-state index in [2.05, 4.69) is 27.2 Å². The Balaban J connectivity index is 2.16. The van der Waals surface area contributed by atoms with Crippen LogP contribution < -0.4 is 10.6 Å². The van der Waals surface area contributed by atoms with E-state index in [1.165, 1.54) is 11.8 Å². The highest BCUT2D eigenvalue weighted by Gasteiger charge is 2.09. The number of nitrogens with one attached hydrogen (secondary N) is 2. The van der Waals surface area contributed by atoms with Crippen LogP contribution >= 0.6 is 11.8 Å². The first kappa shape index (κ1) is 15.3. The lowest BCUT2D eigenvalue weighted by Gasteiger charge is -2.09. The van der Waals surface area contributed by atoms with Crippen molar-refractivity contribution in [2.24, 2.45) is 0 Å². The molecule has 2 N–H and O–H groups in total. The van der Waals surface area contributed by atoms with Crippen LogP contribution in [0, 0.1) is 0 Å². The van der Waals surface area contributed by atoms with Gasteiger partial charge in [0.15, 0.2) is 5.16 Å². The third-order valence-corrected chi connectivity index (χ3v) is 3.55. The molecule has 1 aromatic heterocycles. The maximum Gasteiger partial charge on any atom is 0.230 e. The smallest absolute Gasteiger partial charge is 0.230 e. The topological polar surface area (TPSA) is 66.9 Å². The molecule has 0 unspecified atom stereocenters. The normalized spacial score (nSPS) is 10.3. The Bertz CT molecular complexity index is 645. The van der Waals surface area contributed by atoms with E-state index in [-0.39, 0.29) is 11.7 Å². The van der Waals surface area contributed by atoms with Gasteiger partial charge in [-0.3, -0.25) is 4.79 Å². The number of carbonyl (C=O) groups excluding carboxylic acids is 1. The van der Waals surface area contributed by atoms with Gasteiger partial charge in [-0.15, -0.1) is 6.58 Å². The van der Waals surface area contributed by atoms with Crippen LogP contribution in [0.2, 0.25) is 0 Å². The standard InChI is InChI=1S/C15H18N4OS/c1-3-9-17-13(20)10-21-15-18-12-8-6-5-7-11(12)14(19-15)16-4-2/h3,5-8H,1,4,9-10H2,2H3,(H,17,20)(H,16,18,19). The number of anilines is 1. The third-order valence-electron chi connectivity index (χ3n) is 2.70. The van der Waals surface area contributed by atoms with Gasteiger partial charge in [-0.05, 0) is 19.1 Å². The second-order valence-corrected chi connectivity index (χ2v) is 5.23. The fourth-order valence-electron chi connectivity index (χ4n) is 1.79. The zero-order valence-electron chi connectivity index (χ0n) is 11.9. The summed E-state index contributed by atoms with van der Waals surface area (Å²) in [4.78, 5) is 20.6. The molecular weight excluding hydrogens is 284 g/mol. The second kappa shape index (κ2) is 7.64. The van der Waals surface area contributed by atoms with Crippen molar-refractivity contribution in [1.29, 1.82) is 0 Å². The Hall–Kier alpha value is -2.08. The molecule has 0 atom stereocenters. The molecule has 2 aromatic rings. The van der Waals surface area contributed by atoms with Gasteiger partial charge in [-0.1, -0.05) is 30.0 Å². The Morgan fingerprint density at radius 1 is 1.38 bits per heavy atom. The summed E-state index contributed by atoms with van der Waals surface area (Å²) in [7, 11) is 0. The average molecular weight is 302 g/mol. The van der Waals surface area contributed by atoms with Gasteiger partial charge in [0.2, 0.25) is 5.91 Å². The van der Waals surface area contributed by atoms with Crippen molar-refractivity contribution in [3.05, 3.63) is 36.9 Å². The molecule has 1 aromatic carbocycles. The van der Waals surface area contributed by atoms with Crippen molar-refractivity contribution >= 4 is 34.4 Å². The van der Waals surface area contributed by atoms with Gasteiger partial charge in [-0.25, -0.2) is 9.97 Å². The van der Waals surface area contributed by atoms with Gasteiger partial charge in [0.25, 0.3) is 0 Å². The summed E-state index contributed by atoms with van der Waals surface area (Å²) in [6.45, 7) is 6.84. The van der Waals surface area contributed by atoms with Crippen LogP contribution in [0.3, 0.4) is 0 Å². The van der Waals surface area contributed by atoms with Crippen molar-refractivity contribution in [1.82, 2.24) is 15.3 Å². The van der Waals surface area contributed by atoms with Gasteiger partial charge >= 0.3 is 0 Å². The van der Waals surface area contributed by atoms with E-state index in [9.17, 15) is 4.79 Å². The van der Waals surface area contributed by atoms with Crippen LogP contribution in [-0.2, 0) is 4.79 Å². The highest BCUT2D eigenvalue weighted by molar-refractivity contribution is 7.99. The number of para-hydroxylation sites is 1. The number of hydrogen-bond donors (Lipinski definition) is 2. The zero-order valence-corrected chi connectivity index (χ0v) is 12.7. The zero-order chi connectivity index (χ0) is 15.1. The second-order valence-electron chi connectivity index (χ2n) is 4.28. The Morgan fingerprint density at radius 3 is 2.95 bits per heavy atom. The maximum atomic E-state index is 11.6. The number of nitrogens with zero attached hydrogens (tertiary/aromatic N) is 2. The van der Waals surface area contributed by atoms with E-state index >= 15 is 0 Å². The molecule has 1 amide bonds. The van der Waals surface area contributed by atoms with Crippen LogP contribution in [0.25, 0.3) is 10.9 Å². The summed E-state index contributed by atoms with van der Waals surface area (Å²) >= 11 is 1.33. The van der Waals surface area contributed by atoms with Crippen LogP contribution in [-0.4, -0.2) is 34.7 Å². The van der Waals surface area contributed by atoms with Crippen LogP contribution in [0.4, 0.5) is 5.82 Å². The maximum absolute atomic E-state index is 11.6. The molecule has 0 aliphatic carbocycles. The minimum absolute atomic E-state index is 0.0540. The molecule has 21 heavy (non-hydrogen) atoms. The minimum Gasteiger partial charge on any atom is -0.370 e. The summed E-state index contributed by atoms with van der Waals surface area (Å²) in [5.41, 5.74) is 0.873. The molecule has 6 heteroatoms. The number of rotatable bonds is 7. The van der Waals surface area contributed by atoms with E-state index in [0.29, 0.717) is 11.7 Å². The van der Waals surface area contributed by atoms with E-state index in [1.807, 2.05) is 31.2 Å². The van der Waals surface area contributed by atoms with Gasteiger partial charge < -0.3 is 10.6 Å². The molecular formula is C15H18N4OS. The van der Waals surface area contributed by atoms with Gasteiger partial charge in [-0.2, -0.15) is 0 Å².